The van der Waals surface area contributed by atoms with E-state index >= 15 is 0 Å². The summed E-state index contributed by atoms with van der Waals surface area (Å²) in [4.78, 5) is 33.7. The Hall–Kier alpha value is -4.05. The maximum atomic E-state index is 14.7. The molecule has 1 aromatic carbocycles. The van der Waals surface area contributed by atoms with Crippen LogP contribution < -0.4 is 11.2 Å². The first-order chi connectivity index (χ1) is 15.0. The van der Waals surface area contributed by atoms with Crippen molar-refractivity contribution in [1.29, 1.82) is 0 Å². The van der Waals surface area contributed by atoms with Crippen LogP contribution in [0.25, 0.3) is 48.2 Å². The van der Waals surface area contributed by atoms with E-state index in [2.05, 4.69) is 20.2 Å². The number of benzene rings is 1. The number of H-pyrrole nitrogens is 2. The van der Waals surface area contributed by atoms with Crippen LogP contribution in [0.2, 0.25) is 0 Å². The Bertz CT molecular complexity index is 1770. The van der Waals surface area contributed by atoms with E-state index in [9.17, 15) is 14.0 Å². The number of aromatic nitrogens is 6. The van der Waals surface area contributed by atoms with Crippen molar-refractivity contribution in [2.45, 2.75) is 0 Å². The third kappa shape index (κ3) is 2.45. The number of pyridine rings is 1. The minimum atomic E-state index is -0.584. The normalized spacial score (nSPS) is 11.8. The lowest BCUT2D eigenvalue weighted by molar-refractivity contribution is 0.633. The first kappa shape index (κ1) is 17.8. The van der Waals surface area contributed by atoms with Crippen LogP contribution >= 0.6 is 11.3 Å². The second-order valence-corrected chi connectivity index (χ2v) is 8.25. The molecule has 6 rings (SSSR count). The maximum Gasteiger partial charge on any atom is 0.333 e. The van der Waals surface area contributed by atoms with Crippen LogP contribution in [0.15, 0.2) is 58.6 Å². The molecule has 31 heavy (non-hydrogen) atoms. The highest BCUT2D eigenvalue weighted by Crippen LogP contribution is 2.36. The first-order valence-corrected chi connectivity index (χ1v) is 10.1. The van der Waals surface area contributed by atoms with E-state index in [4.69, 9.17) is 0 Å². The number of halogens is 1. The molecule has 0 aliphatic heterocycles. The van der Waals surface area contributed by atoms with Crippen molar-refractivity contribution in [3.05, 3.63) is 75.7 Å². The molecule has 0 aliphatic carbocycles. The largest absolute Gasteiger partial charge is 0.349 e. The monoisotopic (exact) mass is 432 g/mol. The summed E-state index contributed by atoms with van der Waals surface area (Å²) in [6.07, 6.45) is 6.55. The molecular formula is C21H13FN6O2S. The minimum absolute atomic E-state index is 0.320. The summed E-state index contributed by atoms with van der Waals surface area (Å²) >= 11 is 1.13. The smallest absolute Gasteiger partial charge is 0.333 e. The molecule has 0 bridgehead atoms. The third-order valence-electron chi connectivity index (χ3n) is 5.39. The Kier molecular flexibility index (Phi) is 3.57. The third-order valence-corrected chi connectivity index (χ3v) is 6.53. The molecule has 0 spiro atoms. The average molecular weight is 432 g/mol. The first-order valence-electron chi connectivity index (χ1n) is 9.33. The number of thiophene rings is 1. The Labute approximate surface area is 176 Å². The van der Waals surface area contributed by atoms with E-state index in [1.807, 2.05) is 23.9 Å². The van der Waals surface area contributed by atoms with Crippen molar-refractivity contribution in [3.8, 4) is 16.1 Å². The second kappa shape index (κ2) is 6.22. The van der Waals surface area contributed by atoms with Crippen molar-refractivity contribution in [2.75, 3.05) is 0 Å². The molecule has 0 radical (unpaired) electrons. The molecule has 0 amide bonds. The number of hydrogen-bond acceptors (Lipinski definition) is 5. The fourth-order valence-electron chi connectivity index (χ4n) is 3.99. The summed E-state index contributed by atoms with van der Waals surface area (Å²) in [5, 5.41) is 8.21. The van der Waals surface area contributed by atoms with Gasteiger partial charge in [-0.15, -0.1) is 11.3 Å². The number of aromatic amines is 2. The van der Waals surface area contributed by atoms with Gasteiger partial charge in [-0.2, -0.15) is 5.10 Å². The maximum absolute atomic E-state index is 14.7. The highest BCUT2D eigenvalue weighted by molar-refractivity contribution is 7.22. The predicted octanol–water partition coefficient (Wildman–Crippen LogP) is 3.31. The van der Waals surface area contributed by atoms with Gasteiger partial charge in [0.05, 0.1) is 34.6 Å². The van der Waals surface area contributed by atoms with Gasteiger partial charge in [-0.1, -0.05) is 0 Å². The highest BCUT2D eigenvalue weighted by Gasteiger charge is 2.19. The topological polar surface area (TPSA) is 101 Å². The fraction of sp³-hybridized carbons (Fsp3) is 0.0476. The van der Waals surface area contributed by atoms with Gasteiger partial charge in [-0.05, 0) is 24.3 Å². The van der Waals surface area contributed by atoms with Crippen LogP contribution in [0.3, 0.4) is 0 Å². The second-order valence-electron chi connectivity index (χ2n) is 7.20. The number of hydrogen-bond donors (Lipinski definition) is 2. The van der Waals surface area contributed by atoms with Crippen LogP contribution in [0.4, 0.5) is 4.39 Å². The number of fused-ring (bicyclic) bond motifs is 3. The van der Waals surface area contributed by atoms with Crippen molar-refractivity contribution < 1.29 is 4.39 Å². The summed E-state index contributed by atoms with van der Waals surface area (Å²) < 4.78 is 17.9. The Morgan fingerprint density at radius 3 is 2.84 bits per heavy atom. The molecule has 5 heterocycles. The summed E-state index contributed by atoms with van der Waals surface area (Å²) in [6, 6.07) is 6.44. The molecule has 0 saturated carbocycles. The fourth-order valence-corrected chi connectivity index (χ4v) is 5.09. The number of nitrogens with zero attached hydrogens (tertiary/aromatic N) is 4. The Morgan fingerprint density at radius 2 is 1.97 bits per heavy atom. The molecule has 0 fully saturated rings. The molecule has 2 N–H and O–H groups in total. The van der Waals surface area contributed by atoms with Crippen LogP contribution in [0.1, 0.15) is 0 Å². The number of rotatable bonds is 2. The van der Waals surface area contributed by atoms with E-state index in [1.54, 1.807) is 24.5 Å². The SMILES string of the molecule is Cn1ccc2cncc(-n3c(=O)[nH]c4cc(-c5c(F)ccc6[nH]ncc56)sc4c3=O)c21. The molecule has 5 aromatic heterocycles. The summed E-state index contributed by atoms with van der Waals surface area (Å²) in [6.45, 7) is 0. The van der Waals surface area contributed by atoms with Crippen LogP contribution in [0, 0.1) is 5.82 Å². The molecular weight excluding hydrogens is 419 g/mol. The summed E-state index contributed by atoms with van der Waals surface area (Å²) in [5.74, 6) is -0.430. The molecule has 152 valence electrons. The molecule has 0 aliphatic rings. The summed E-state index contributed by atoms with van der Waals surface area (Å²) in [7, 11) is 1.83. The van der Waals surface area contributed by atoms with Crippen molar-refractivity contribution in [2.24, 2.45) is 7.05 Å². The van der Waals surface area contributed by atoms with Gasteiger partial charge < -0.3 is 9.55 Å². The van der Waals surface area contributed by atoms with Gasteiger partial charge in [0.2, 0.25) is 0 Å². The lowest BCUT2D eigenvalue weighted by atomic mass is 10.1. The zero-order valence-corrected chi connectivity index (χ0v) is 16.8. The molecule has 10 heteroatoms. The van der Waals surface area contributed by atoms with Crippen molar-refractivity contribution in [3.63, 3.8) is 0 Å². The van der Waals surface area contributed by atoms with Gasteiger partial charge in [0.15, 0.2) is 0 Å². The van der Waals surface area contributed by atoms with Gasteiger partial charge in [0.25, 0.3) is 5.56 Å². The number of aryl methyl sites for hydroxylation is 1. The van der Waals surface area contributed by atoms with E-state index in [0.29, 0.717) is 42.8 Å². The average Bonchev–Trinajstić information content (AvgIpc) is 3.47. The van der Waals surface area contributed by atoms with E-state index in [-0.39, 0.29) is 0 Å². The van der Waals surface area contributed by atoms with Gasteiger partial charge in [-0.25, -0.2) is 13.8 Å². The van der Waals surface area contributed by atoms with E-state index < -0.39 is 17.1 Å². The van der Waals surface area contributed by atoms with Crippen molar-refractivity contribution in [1.82, 2.24) is 29.3 Å². The lowest BCUT2D eigenvalue weighted by Gasteiger charge is -2.07. The zero-order chi connectivity index (χ0) is 21.3. The zero-order valence-electron chi connectivity index (χ0n) is 16.0. The predicted molar refractivity (Wildman–Crippen MR) is 117 cm³/mol. The van der Waals surface area contributed by atoms with Gasteiger partial charge >= 0.3 is 5.69 Å². The lowest BCUT2D eigenvalue weighted by Crippen LogP contribution is -2.33. The summed E-state index contributed by atoms with van der Waals surface area (Å²) in [5.41, 5.74) is 1.42. The van der Waals surface area contributed by atoms with Gasteiger partial charge in [0.1, 0.15) is 10.5 Å². The standard InChI is InChI=1S/C21H13FN6O2S/c1-27-5-4-10-7-23-9-15(18(10)27)28-20(29)19-14(25-21(28)30)6-16(31-19)17-11-8-24-26-13(11)3-2-12(17)22/h2-9H,1H3,(H,24,26)(H,25,30). The molecule has 8 nitrogen and oxygen atoms in total. The quantitative estimate of drug-likeness (QED) is 0.438. The Balaban J connectivity index is 1.66. The van der Waals surface area contributed by atoms with Gasteiger partial charge in [-0.3, -0.25) is 14.9 Å². The van der Waals surface area contributed by atoms with E-state index in [1.165, 1.54) is 12.3 Å². The van der Waals surface area contributed by atoms with E-state index in [0.717, 1.165) is 21.3 Å². The van der Waals surface area contributed by atoms with Crippen LogP contribution in [-0.2, 0) is 7.05 Å². The molecule has 0 atom stereocenters. The molecule has 6 aromatic rings. The minimum Gasteiger partial charge on any atom is -0.349 e. The van der Waals surface area contributed by atoms with Gasteiger partial charge in [0, 0.05) is 40.7 Å². The highest BCUT2D eigenvalue weighted by atomic mass is 32.1. The molecule has 0 saturated heterocycles. The van der Waals surface area contributed by atoms with Crippen LogP contribution in [0.5, 0.6) is 0 Å². The Morgan fingerprint density at radius 1 is 1.10 bits per heavy atom. The molecule has 0 unspecified atom stereocenters. The van der Waals surface area contributed by atoms with Crippen LogP contribution in [-0.4, -0.2) is 29.3 Å². The number of nitrogens with one attached hydrogen (secondary N) is 2. The van der Waals surface area contributed by atoms with Crippen molar-refractivity contribution >= 4 is 43.4 Å².